The van der Waals surface area contributed by atoms with E-state index in [1.807, 2.05) is 0 Å². The number of carbonyl (C=O) groups is 3. The number of nitrogens with one attached hydrogen (secondary N) is 1. The summed E-state index contributed by atoms with van der Waals surface area (Å²) in [5.74, 6) is -5.57. The Labute approximate surface area is 131 Å². The highest BCUT2D eigenvalue weighted by atomic mass is 19.2. The van der Waals surface area contributed by atoms with Crippen molar-refractivity contribution >= 4 is 17.8 Å². The summed E-state index contributed by atoms with van der Waals surface area (Å²) >= 11 is 0. The Morgan fingerprint density at radius 2 is 1.83 bits per heavy atom. The van der Waals surface area contributed by atoms with Gasteiger partial charge in [-0.05, 0) is 18.1 Å². The van der Waals surface area contributed by atoms with Gasteiger partial charge in [-0.25, -0.2) is 13.6 Å². The molecule has 1 rings (SSSR count). The van der Waals surface area contributed by atoms with Crippen LogP contribution in [0.15, 0.2) is 18.2 Å². The molecule has 0 aliphatic carbocycles. The standard InChI is InChI=1S/C15H17F2NO5/c1-8(7-11(19)22-2)13(15(21)23-3)18-14(20)9-5-4-6-10(16)12(9)17/h4-6,8,13H,7H2,1-3H3,(H,18,20)/t8-,13+/m0/s1. The van der Waals surface area contributed by atoms with Gasteiger partial charge in [0.05, 0.1) is 26.2 Å². The first-order valence-electron chi connectivity index (χ1n) is 6.71. The maximum absolute atomic E-state index is 13.6. The molecule has 0 heterocycles. The molecule has 126 valence electrons. The molecule has 1 aromatic carbocycles. The van der Waals surface area contributed by atoms with E-state index >= 15 is 0 Å². The minimum Gasteiger partial charge on any atom is -0.469 e. The predicted octanol–water partition coefficient (Wildman–Crippen LogP) is 1.44. The molecule has 0 bridgehead atoms. The highest BCUT2D eigenvalue weighted by molar-refractivity contribution is 5.97. The van der Waals surface area contributed by atoms with E-state index in [9.17, 15) is 23.2 Å². The molecular weight excluding hydrogens is 312 g/mol. The minimum atomic E-state index is -1.32. The summed E-state index contributed by atoms with van der Waals surface area (Å²) in [6, 6.07) is 1.89. The number of esters is 2. The molecule has 0 aliphatic rings. The second-order valence-corrected chi connectivity index (χ2v) is 4.83. The monoisotopic (exact) mass is 329 g/mol. The molecule has 1 aromatic rings. The van der Waals surface area contributed by atoms with E-state index in [1.165, 1.54) is 20.1 Å². The van der Waals surface area contributed by atoms with Crippen molar-refractivity contribution in [3.05, 3.63) is 35.4 Å². The van der Waals surface area contributed by atoms with Crippen molar-refractivity contribution in [2.75, 3.05) is 14.2 Å². The van der Waals surface area contributed by atoms with E-state index < -0.39 is 47.0 Å². The maximum Gasteiger partial charge on any atom is 0.328 e. The van der Waals surface area contributed by atoms with Crippen molar-refractivity contribution in [2.24, 2.45) is 5.92 Å². The summed E-state index contributed by atoms with van der Waals surface area (Å²) in [5.41, 5.74) is -0.552. The van der Waals surface area contributed by atoms with Crippen LogP contribution < -0.4 is 5.32 Å². The Balaban J connectivity index is 2.97. The molecule has 0 fully saturated rings. The lowest BCUT2D eigenvalue weighted by Crippen LogP contribution is -2.46. The number of hydrogen-bond acceptors (Lipinski definition) is 5. The van der Waals surface area contributed by atoms with Gasteiger partial charge in [-0.3, -0.25) is 9.59 Å². The molecule has 0 saturated heterocycles. The number of rotatable bonds is 6. The lowest BCUT2D eigenvalue weighted by Gasteiger charge is -2.22. The maximum atomic E-state index is 13.6. The van der Waals surface area contributed by atoms with Gasteiger partial charge >= 0.3 is 11.9 Å². The van der Waals surface area contributed by atoms with Crippen molar-refractivity contribution in [3.63, 3.8) is 0 Å². The van der Waals surface area contributed by atoms with E-state index in [-0.39, 0.29) is 6.42 Å². The first-order valence-corrected chi connectivity index (χ1v) is 6.71. The normalized spacial score (nSPS) is 12.9. The largest absolute Gasteiger partial charge is 0.469 e. The first kappa shape index (κ1) is 18.5. The molecule has 0 radical (unpaired) electrons. The molecule has 8 heteroatoms. The van der Waals surface area contributed by atoms with Gasteiger partial charge in [0.25, 0.3) is 5.91 Å². The lowest BCUT2D eigenvalue weighted by molar-refractivity contribution is -0.146. The molecule has 6 nitrogen and oxygen atoms in total. The summed E-state index contributed by atoms with van der Waals surface area (Å²) in [4.78, 5) is 35.1. The van der Waals surface area contributed by atoms with E-state index in [1.54, 1.807) is 0 Å². The van der Waals surface area contributed by atoms with E-state index in [4.69, 9.17) is 0 Å². The topological polar surface area (TPSA) is 81.7 Å². The summed E-state index contributed by atoms with van der Waals surface area (Å²) < 4.78 is 35.9. The molecular formula is C15H17F2NO5. The van der Waals surface area contributed by atoms with Crippen molar-refractivity contribution in [2.45, 2.75) is 19.4 Å². The van der Waals surface area contributed by atoms with Crippen molar-refractivity contribution in [1.29, 1.82) is 0 Å². The zero-order valence-electron chi connectivity index (χ0n) is 12.9. The van der Waals surface area contributed by atoms with Crippen molar-refractivity contribution in [3.8, 4) is 0 Å². The number of methoxy groups -OCH3 is 2. The minimum absolute atomic E-state index is 0.165. The fourth-order valence-corrected chi connectivity index (χ4v) is 1.92. The van der Waals surface area contributed by atoms with Crippen LogP contribution in [0.2, 0.25) is 0 Å². The van der Waals surface area contributed by atoms with Crippen LogP contribution >= 0.6 is 0 Å². The summed E-state index contributed by atoms with van der Waals surface area (Å²) in [7, 11) is 2.29. The summed E-state index contributed by atoms with van der Waals surface area (Å²) in [6.45, 7) is 1.51. The van der Waals surface area contributed by atoms with Gasteiger partial charge in [0, 0.05) is 0 Å². The molecule has 0 unspecified atom stereocenters. The number of ether oxygens (including phenoxy) is 2. The van der Waals surface area contributed by atoms with Gasteiger partial charge in [0.2, 0.25) is 0 Å². The van der Waals surface area contributed by atoms with Gasteiger partial charge in [-0.1, -0.05) is 13.0 Å². The molecule has 0 aliphatic heterocycles. The fraction of sp³-hybridized carbons (Fsp3) is 0.400. The zero-order valence-corrected chi connectivity index (χ0v) is 12.9. The SMILES string of the molecule is COC(=O)C[C@H](C)[C@@H](NC(=O)c1cccc(F)c1F)C(=O)OC. The van der Waals surface area contributed by atoms with Crippen LogP contribution in [-0.4, -0.2) is 38.1 Å². The Kier molecular flexibility index (Phi) is 6.62. The molecule has 2 atom stereocenters. The Morgan fingerprint density at radius 1 is 1.17 bits per heavy atom. The average Bonchev–Trinajstić information content (AvgIpc) is 2.53. The number of benzene rings is 1. The Bertz CT molecular complexity index is 606. The van der Waals surface area contributed by atoms with Gasteiger partial charge < -0.3 is 14.8 Å². The molecule has 0 spiro atoms. The van der Waals surface area contributed by atoms with Gasteiger partial charge in [-0.2, -0.15) is 0 Å². The summed E-state index contributed by atoms with van der Waals surface area (Å²) in [5, 5.41) is 2.25. The average molecular weight is 329 g/mol. The van der Waals surface area contributed by atoms with Crippen LogP contribution in [0.1, 0.15) is 23.7 Å². The van der Waals surface area contributed by atoms with E-state index in [2.05, 4.69) is 14.8 Å². The summed E-state index contributed by atoms with van der Waals surface area (Å²) in [6.07, 6.45) is -0.165. The number of halogens is 2. The van der Waals surface area contributed by atoms with Crippen molar-refractivity contribution < 1.29 is 32.6 Å². The first-order chi connectivity index (χ1) is 10.8. The molecule has 1 N–H and O–H groups in total. The Morgan fingerprint density at radius 3 is 2.39 bits per heavy atom. The van der Waals surface area contributed by atoms with Crippen LogP contribution in [0.4, 0.5) is 8.78 Å². The number of hydrogen-bond donors (Lipinski definition) is 1. The molecule has 0 saturated carbocycles. The van der Waals surface area contributed by atoms with Crippen LogP contribution in [0.25, 0.3) is 0 Å². The smallest absolute Gasteiger partial charge is 0.328 e. The third-order valence-corrected chi connectivity index (χ3v) is 3.22. The van der Waals surface area contributed by atoms with Crippen LogP contribution in [-0.2, 0) is 19.1 Å². The zero-order chi connectivity index (χ0) is 17.6. The van der Waals surface area contributed by atoms with Crippen LogP contribution in [0, 0.1) is 17.6 Å². The Hall–Kier alpha value is -2.51. The van der Waals surface area contributed by atoms with E-state index in [0.29, 0.717) is 0 Å². The second-order valence-electron chi connectivity index (χ2n) is 4.83. The van der Waals surface area contributed by atoms with Gasteiger partial charge in [-0.15, -0.1) is 0 Å². The predicted molar refractivity (Wildman–Crippen MR) is 75.4 cm³/mol. The van der Waals surface area contributed by atoms with E-state index in [0.717, 1.165) is 19.2 Å². The molecule has 1 amide bonds. The quantitative estimate of drug-likeness (QED) is 0.799. The number of carbonyl (C=O) groups excluding carboxylic acids is 3. The highest BCUT2D eigenvalue weighted by Gasteiger charge is 2.30. The third kappa shape index (κ3) is 4.73. The van der Waals surface area contributed by atoms with Crippen LogP contribution in [0.5, 0.6) is 0 Å². The van der Waals surface area contributed by atoms with Crippen LogP contribution in [0.3, 0.4) is 0 Å². The van der Waals surface area contributed by atoms with Gasteiger partial charge in [0.1, 0.15) is 6.04 Å². The molecule has 0 aromatic heterocycles. The highest BCUT2D eigenvalue weighted by Crippen LogP contribution is 2.15. The van der Waals surface area contributed by atoms with Gasteiger partial charge in [0.15, 0.2) is 11.6 Å². The third-order valence-electron chi connectivity index (χ3n) is 3.22. The fourth-order valence-electron chi connectivity index (χ4n) is 1.92. The number of amides is 1. The second kappa shape index (κ2) is 8.21. The molecule has 23 heavy (non-hydrogen) atoms. The lowest BCUT2D eigenvalue weighted by atomic mass is 9.97. The van der Waals surface area contributed by atoms with Crippen molar-refractivity contribution in [1.82, 2.24) is 5.32 Å².